The van der Waals surface area contributed by atoms with Gasteiger partial charge < -0.3 is 4.74 Å². The lowest BCUT2D eigenvalue weighted by Crippen LogP contribution is -1.97. The monoisotopic (exact) mass is 247 g/mol. The number of rotatable bonds is 5. The number of nitrogens with zero attached hydrogens (tertiary/aromatic N) is 1. The van der Waals surface area contributed by atoms with Crippen LogP contribution in [0.25, 0.3) is 0 Å². The molecule has 0 aliphatic rings. The van der Waals surface area contributed by atoms with Gasteiger partial charge in [0.25, 0.3) is 0 Å². The van der Waals surface area contributed by atoms with Crippen molar-refractivity contribution in [3.05, 3.63) is 46.4 Å². The quantitative estimate of drug-likeness (QED) is 0.761. The molecule has 0 unspecified atom stereocenters. The molecule has 0 radical (unpaired) electrons. The topological polar surface area (TPSA) is 39.2 Å². The minimum atomic E-state index is 0.152. The minimum absolute atomic E-state index is 0.152. The van der Waals surface area contributed by atoms with Gasteiger partial charge in [0.05, 0.1) is 10.4 Å². The van der Waals surface area contributed by atoms with Gasteiger partial charge in [-0.05, 0) is 24.3 Å². The normalized spacial score (nSPS) is 10.2. The molecule has 1 heterocycles. The highest BCUT2D eigenvalue weighted by molar-refractivity contribution is 7.09. The number of ether oxygens (including phenoxy) is 1. The molecule has 0 N–H and O–H groups in total. The van der Waals surface area contributed by atoms with E-state index in [1.165, 1.54) is 0 Å². The van der Waals surface area contributed by atoms with Crippen LogP contribution in [-0.2, 0) is 6.61 Å². The van der Waals surface area contributed by atoms with Gasteiger partial charge in [0.15, 0.2) is 5.78 Å². The molecule has 0 atom stereocenters. The maximum Gasteiger partial charge on any atom is 0.162 e. The number of Topliss-reactive ketones (excluding diaryl/α,β-unsaturated/α-hetero) is 1. The Kier molecular flexibility index (Phi) is 3.88. The van der Waals surface area contributed by atoms with Gasteiger partial charge in [-0.2, -0.15) is 0 Å². The molecular weight excluding hydrogens is 234 g/mol. The van der Waals surface area contributed by atoms with E-state index in [2.05, 4.69) is 4.98 Å². The molecule has 0 spiro atoms. The number of benzene rings is 1. The lowest BCUT2D eigenvalue weighted by atomic mass is 10.1. The van der Waals surface area contributed by atoms with Crippen molar-refractivity contribution >= 4 is 17.1 Å². The molecule has 1 aromatic heterocycles. The van der Waals surface area contributed by atoms with Crippen molar-refractivity contribution in [3.8, 4) is 5.75 Å². The molecule has 0 fully saturated rings. The average molecular weight is 247 g/mol. The molecule has 0 aliphatic heterocycles. The summed E-state index contributed by atoms with van der Waals surface area (Å²) >= 11 is 1.56. The molecule has 17 heavy (non-hydrogen) atoms. The predicted octanol–water partition coefficient (Wildman–Crippen LogP) is 3.31. The second-order valence-electron chi connectivity index (χ2n) is 3.56. The maximum absolute atomic E-state index is 11.4. The zero-order valence-corrected chi connectivity index (χ0v) is 10.4. The van der Waals surface area contributed by atoms with Gasteiger partial charge in [0.1, 0.15) is 12.4 Å². The first-order valence-electron chi connectivity index (χ1n) is 5.43. The fourth-order valence-electron chi connectivity index (χ4n) is 1.41. The summed E-state index contributed by atoms with van der Waals surface area (Å²) in [4.78, 5) is 16.5. The Hall–Kier alpha value is -1.68. The Balaban J connectivity index is 1.96. The Morgan fingerprint density at radius 2 is 2.12 bits per heavy atom. The Morgan fingerprint density at radius 3 is 2.71 bits per heavy atom. The number of hydrogen-bond acceptors (Lipinski definition) is 4. The van der Waals surface area contributed by atoms with Crippen LogP contribution in [0, 0.1) is 0 Å². The van der Waals surface area contributed by atoms with Crippen LogP contribution < -0.4 is 4.74 Å². The lowest BCUT2D eigenvalue weighted by Gasteiger charge is -2.05. The van der Waals surface area contributed by atoms with Crippen LogP contribution in [0.5, 0.6) is 5.75 Å². The van der Waals surface area contributed by atoms with Crippen LogP contribution in [0.2, 0.25) is 0 Å². The van der Waals surface area contributed by atoms with Gasteiger partial charge in [-0.15, -0.1) is 11.3 Å². The van der Waals surface area contributed by atoms with E-state index >= 15 is 0 Å². The Labute approximate surface area is 104 Å². The molecule has 1 aromatic carbocycles. The summed E-state index contributed by atoms with van der Waals surface area (Å²) in [5, 5.41) is 0. The van der Waals surface area contributed by atoms with E-state index < -0.39 is 0 Å². The second kappa shape index (κ2) is 5.59. The third-order valence-electron chi connectivity index (χ3n) is 2.36. The van der Waals surface area contributed by atoms with Crippen LogP contribution in [-0.4, -0.2) is 10.8 Å². The molecule has 0 saturated heterocycles. The third kappa shape index (κ3) is 3.14. The molecule has 0 amide bonds. The number of carbonyl (C=O) groups is 1. The van der Waals surface area contributed by atoms with Gasteiger partial charge in [0.2, 0.25) is 0 Å². The van der Waals surface area contributed by atoms with Crippen molar-refractivity contribution in [1.29, 1.82) is 0 Å². The van der Waals surface area contributed by atoms with Gasteiger partial charge in [-0.1, -0.05) is 6.92 Å². The average Bonchev–Trinajstić information content (AvgIpc) is 2.89. The van der Waals surface area contributed by atoms with Gasteiger partial charge in [-0.25, -0.2) is 0 Å². The summed E-state index contributed by atoms with van der Waals surface area (Å²) in [5.74, 6) is 0.921. The fourth-order valence-corrected chi connectivity index (χ4v) is 1.91. The maximum atomic E-state index is 11.4. The number of carbonyl (C=O) groups excluding carboxylic acids is 1. The molecule has 3 nitrogen and oxygen atoms in total. The van der Waals surface area contributed by atoms with Gasteiger partial charge >= 0.3 is 0 Å². The number of thiazole rings is 1. The van der Waals surface area contributed by atoms with Crippen LogP contribution in [0.3, 0.4) is 0 Å². The molecule has 2 rings (SSSR count). The van der Waals surface area contributed by atoms with Gasteiger partial charge in [-0.3, -0.25) is 9.78 Å². The number of aromatic nitrogens is 1. The zero-order chi connectivity index (χ0) is 12.1. The standard InChI is InChI=1S/C13H13NO2S/c1-2-13(15)10-3-5-11(6-4-10)16-8-12-7-14-9-17-12/h3-7,9H,2,8H2,1H3. The highest BCUT2D eigenvalue weighted by Crippen LogP contribution is 2.16. The van der Waals surface area contributed by atoms with Crippen LogP contribution in [0.4, 0.5) is 0 Å². The van der Waals surface area contributed by atoms with Crippen molar-refractivity contribution in [2.45, 2.75) is 20.0 Å². The van der Waals surface area contributed by atoms with Crippen molar-refractivity contribution < 1.29 is 9.53 Å². The summed E-state index contributed by atoms with van der Waals surface area (Å²) in [6, 6.07) is 7.25. The molecule has 2 aromatic rings. The summed E-state index contributed by atoms with van der Waals surface area (Å²) < 4.78 is 5.58. The first-order valence-corrected chi connectivity index (χ1v) is 6.31. The Bertz CT molecular complexity index is 477. The van der Waals surface area contributed by atoms with Crippen molar-refractivity contribution in [1.82, 2.24) is 4.98 Å². The first-order chi connectivity index (χ1) is 8.29. The summed E-state index contributed by atoms with van der Waals surface area (Å²) in [6.45, 7) is 2.38. The van der Waals surface area contributed by atoms with E-state index in [1.807, 2.05) is 19.1 Å². The molecule has 0 saturated carbocycles. The molecule has 4 heteroatoms. The molecule has 0 aliphatic carbocycles. The van der Waals surface area contributed by atoms with E-state index in [1.54, 1.807) is 35.2 Å². The largest absolute Gasteiger partial charge is 0.488 e. The highest BCUT2D eigenvalue weighted by Gasteiger charge is 2.03. The summed E-state index contributed by atoms with van der Waals surface area (Å²) in [7, 11) is 0. The van der Waals surface area contributed by atoms with Crippen LogP contribution in [0.1, 0.15) is 28.6 Å². The van der Waals surface area contributed by atoms with E-state index in [0.29, 0.717) is 13.0 Å². The predicted molar refractivity (Wildman–Crippen MR) is 67.5 cm³/mol. The second-order valence-corrected chi connectivity index (χ2v) is 4.53. The van der Waals surface area contributed by atoms with E-state index in [-0.39, 0.29) is 5.78 Å². The minimum Gasteiger partial charge on any atom is -0.488 e. The van der Waals surface area contributed by atoms with Crippen LogP contribution in [0.15, 0.2) is 36.0 Å². The first kappa shape index (κ1) is 11.8. The van der Waals surface area contributed by atoms with Crippen molar-refractivity contribution in [2.75, 3.05) is 0 Å². The third-order valence-corrected chi connectivity index (χ3v) is 3.12. The number of hydrogen-bond donors (Lipinski definition) is 0. The lowest BCUT2D eigenvalue weighted by molar-refractivity contribution is 0.0988. The summed E-state index contributed by atoms with van der Waals surface area (Å²) in [5.41, 5.74) is 2.51. The molecule has 0 bridgehead atoms. The van der Waals surface area contributed by atoms with Crippen molar-refractivity contribution in [3.63, 3.8) is 0 Å². The highest BCUT2D eigenvalue weighted by atomic mass is 32.1. The van der Waals surface area contributed by atoms with E-state index in [4.69, 9.17) is 4.74 Å². The summed E-state index contributed by atoms with van der Waals surface area (Å²) in [6.07, 6.45) is 2.32. The Morgan fingerprint density at radius 1 is 1.35 bits per heavy atom. The SMILES string of the molecule is CCC(=O)c1ccc(OCc2cncs2)cc1. The molecular formula is C13H13NO2S. The van der Waals surface area contributed by atoms with Crippen LogP contribution >= 0.6 is 11.3 Å². The van der Waals surface area contributed by atoms with Gasteiger partial charge in [0, 0.05) is 18.2 Å². The molecule has 88 valence electrons. The van der Waals surface area contributed by atoms with E-state index in [9.17, 15) is 4.79 Å². The fraction of sp³-hybridized carbons (Fsp3) is 0.231. The smallest absolute Gasteiger partial charge is 0.162 e. The zero-order valence-electron chi connectivity index (χ0n) is 9.55. The van der Waals surface area contributed by atoms with Crippen molar-refractivity contribution in [2.24, 2.45) is 0 Å². The number of ketones is 1. The van der Waals surface area contributed by atoms with E-state index in [0.717, 1.165) is 16.2 Å².